The van der Waals surface area contributed by atoms with E-state index in [1.807, 2.05) is 50.1 Å². The summed E-state index contributed by atoms with van der Waals surface area (Å²) in [6, 6.07) is 9.96. The van der Waals surface area contributed by atoms with Gasteiger partial charge in [-0.15, -0.1) is 0 Å². The predicted molar refractivity (Wildman–Crippen MR) is 97.7 cm³/mol. The number of likely N-dealkylation sites (N-methyl/N-ethyl adjacent to an activating group) is 1. The molecule has 1 N–H and O–H groups in total. The van der Waals surface area contributed by atoms with Crippen LogP contribution >= 0.6 is 23.8 Å². The zero-order valence-corrected chi connectivity index (χ0v) is 14.6. The first-order valence-electron chi connectivity index (χ1n) is 7.16. The number of aromatic nitrogens is 1. The van der Waals surface area contributed by atoms with Crippen molar-refractivity contribution in [3.05, 3.63) is 58.4 Å². The number of nitrogens with zero attached hydrogens (tertiary/aromatic N) is 2. The Labute approximate surface area is 142 Å². The Kier molecular flexibility index (Phi) is 5.75. The summed E-state index contributed by atoms with van der Waals surface area (Å²) in [6.45, 7) is 4.85. The molecule has 0 bridgehead atoms. The molecule has 0 atom stereocenters. The Hall–Kier alpha value is -1.65. The second-order valence-corrected chi connectivity index (χ2v) is 6.16. The fourth-order valence-electron chi connectivity index (χ4n) is 2.21. The first kappa shape index (κ1) is 16.7. The highest BCUT2D eigenvalue weighted by molar-refractivity contribution is 7.80. The molecule has 0 aliphatic rings. The summed E-state index contributed by atoms with van der Waals surface area (Å²) in [5.41, 5.74) is 4.16. The molecular formula is C17H20ClN3S. The zero-order valence-electron chi connectivity index (χ0n) is 13.1. The maximum absolute atomic E-state index is 6.31. The van der Waals surface area contributed by atoms with Crippen LogP contribution in [0.4, 0.5) is 5.69 Å². The average molecular weight is 334 g/mol. The molecule has 0 radical (unpaired) electrons. The number of pyridine rings is 1. The summed E-state index contributed by atoms with van der Waals surface area (Å²) >= 11 is 11.8. The Morgan fingerprint density at radius 3 is 2.73 bits per heavy atom. The number of hydrogen-bond acceptors (Lipinski definition) is 2. The molecule has 2 rings (SSSR count). The van der Waals surface area contributed by atoms with Crippen molar-refractivity contribution in [2.45, 2.75) is 20.3 Å². The monoisotopic (exact) mass is 333 g/mol. The van der Waals surface area contributed by atoms with E-state index in [-0.39, 0.29) is 0 Å². The van der Waals surface area contributed by atoms with Crippen LogP contribution in [0.15, 0.2) is 36.5 Å². The molecule has 1 aromatic heterocycles. The van der Waals surface area contributed by atoms with Gasteiger partial charge < -0.3 is 10.2 Å². The van der Waals surface area contributed by atoms with Gasteiger partial charge in [-0.05, 0) is 55.4 Å². The van der Waals surface area contributed by atoms with Crippen LogP contribution in [0.3, 0.4) is 0 Å². The largest absolute Gasteiger partial charge is 0.352 e. The third kappa shape index (κ3) is 4.42. The Morgan fingerprint density at radius 2 is 2.09 bits per heavy atom. The zero-order chi connectivity index (χ0) is 16.1. The highest BCUT2D eigenvalue weighted by Crippen LogP contribution is 2.27. The molecular weight excluding hydrogens is 314 g/mol. The van der Waals surface area contributed by atoms with E-state index >= 15 is 0 Å². The maximum Gasteiger partial charge on any atom is 0.173 e. The molecule has 2 aromatic rings. The number of halogens is 1. The number of rotatable bonds is 4. The molecule has 1 aromatic carbocycles. The van der Waals surface area contributed by atoms with Gasteiger partial charge in [0, 0.05) is 31.9 Å². The van der Waals surface area contributed by atoms with Gasteiger partial charge in [-0.1, -0.05) is 23.7 Å². The minimum atomic E-state index is 0.657. The number of benzene rings is 1. The van der Waals surface area contributed by atoms with Gasteiger partial charge >= 0.3 is 0 Å². The average Bonchev–Trinajstić information content (AvgIpc) is 2.49. The Balaban J connectivity index is 1.97. The number of hydrogen-bond donors (Lipinski definition) is 1. The van der Waals surface area contributed by atoms with E-state index in [9.17, 15) is 0 Å². The summed E-state index contributed by atoms with van der Waals surface area (Å²) in [5, 5.41) is 4.60. The summed E-state index contributed by atoms with van der Waals surface area (Å²) in [5.74, 6) is 0. The minimum Gasteiger partial charge on any atom is -0.352 e. The minimum absolute atomic E-state index is 0.657. The van der Waals surface area contributed by atoms with Crippen LogP contribution in [-0.2, 0) is 6.42 Å². The SMILES string of the molecule is Cc1cc(C)c(NC(=S)N(C)CCc2ccccn2)c(Cl)c1. The molecule has 1 heterocycles. The van der Waals surface area contributed by atoms with Crippen LogP contribution < -0.4 is 5.32 Å². The number of nitrogens with one attached hydrogen (secondary N) is 1. The lowest BCUT2D eigenvalue weighted by molar-refractivity contribution is 0.512. The Bertz CT molecular complexity index is 635. The van der Waals surface area contributed by atoms with E-state index in [1.54, 1.807) is 6.20 Å². The fourth-order valence-corrected chi connectivity index (χ4v) is 2.77. The molecule has 0 spiro atoms. The van der Waals surface area contributed by atoms with Crippen LogP contribution in [-0.4, -0.2) is 28.6 Å². The first-order valence-corrected chi connectivity index (χ1v) is 7.95. The van der Waals surface area contributed by atoms with Gasteiger partial charge in [0.2, 0.25) is 0 Å². The topological polar surface area (TPSA) is 28.2 Å². The second kappa shape index (κ2) is 7.56. The van der Waals surface area contributed by atoms with Crippen molar-refractivity contribution in [2.75, 3.05) is 18.9 Å². The third-order valence-electron chi connectivity index (χ3n) is 3.44. The van der Waals surface area contributed by atoms with E-state index in [4.69, 9.17) is 23.8 Å². The first-order chi connectivity index (χ1) is 10.5. The van der Waals surface area contributed by atoms with Gasteiger partial charge in [0.1, 0.15) is 0 Å². The smallest absolute Gasteiger partial charge is 0.173 e. The lowest BCUT2D eigenvalue weighted by atomic mass is 10.1. The quantitative estimate of drug-likeness (QED) is 0.848. The van der Waals surface area contributed by atoms with Gasteiger partial charge in [-0.25, -0.2) is 0 Å². The lowest BCUT2D eigenvalue weighted by Gasteiger charge is -2.22. The van der Waals surface area contributed by atoms with Crippen LogP contribution in [0.25, 0.3) is 0 Å². The van der Waals surface area contributed by atoms with Crippen LogP contribution in [0, 0.1) is 13.8 Å². The van der Waals surface area contributed by atoms with Crippen molar-refractivity contribution in [3.63, 3.8) is 0 Å². The number of aryl methyl sites for hydroxylation is 2. The van der Waals surface area contributed by atoms with Crippen molar-refractivity contribution in [1.29, 1.82) is 0 Å². The fraction of sp³-hybridized carbons (Fsp3) is 0.294. The molecule has 3 nitrogen and oxygen atoms in total. The van der Waals surface area contributed by atoms with Crippen LogP contribution in [0.2, 0.25) is 5.02 Å². The molecule has 0 saturated heterocycles. The molecule has 0 aliphatic heterocycles. The third-order valence-corrected chi connectivity index (χ3v) is 4.15. The Morgan fingerprint density at radius 1 is 1.32 bits per heavy atom. The van der Waals surface area contributed by atoms with Crippen molar-refractivity contribution in [3.8, 4) is 0 Å². The van der Waals surface area contributed by atoms with Crippen molar-refractivity contribution in [2.24, 2.45) is 0 Å². The number of anilines is 1. The molecule has 0 fully saturated rings. The van der Waals surface area contributed by atoms with Crippen molar-refractivity contribution < 1.29 is 0 Å². The van der Waals surface area contributed by atoms with Crippen molar-refractivity contribution in [1.82, 2.24) is 9.88 Å². The van der Waals surface area contributed by atoms with Crippen molar-refractivity contribution >= 4 is 34.6 Å². The van der Waals surface area contributed by atoms with Crippen LogP contribution in [0.1, 0.15) is 16.8 Å². The maximum atomic E-state index is 6.31. The van der Waals surface area contributed by atoms with Gasteiger partial charge in [0.15, 0.2) is 5.11 Å². The number of thiocarbonyl (C=S) groups is 1. The molecule has 0 aliphatic carbocycles. The highest BCUT2D eigenvalue weighted by atomic mass is 35.5. The summed E-state index contributed by atoms with van der Waals surface area (Å²) in [6.07, 6.45) is 2.65. The van der Waals surface area contributed by atoms with E-state index in [2.05, 4.69) is 16.4 Å². The summed E-state index contributed by atoms with van der Waals surface area (Å²) < 4.78 is 0. The molecule has 0 saturated carbocycles. The second-order valence-electron chi connectivity index (χ2n) is 5.36. The van der Waals surface area contributed by atoms with Gasteiger partial charge in [-0.2, -0.15) is 0 Å². The lowest BCUT2D eigenvalue weighted by Crippen LogP contribution is -2.33. The van der Waals surface area contributed by atoms with E-state index in [0.717, 1.165) is 35.5 Å². The molecule has 5 heteroatoms. The normalized spacial score (nSPS) is 10.4. The molecule has 22 heavy (non-hydrogen) atoms. The highest BCUT2D eigenvalue weighted by Gasteiger charge is 2.10. The van der Waals surface area contributed by atoms with Gasteiger partial charge in [0.25, 0.3) is 0 Å². The molecule has 0 amide bonds. The van der Waals surface area contributed by atoms with E-state index in [1.165, 1.54) is 0 Å². The van der Waals surface area contributed by atoms with E-state index < -0.39 is 0 Å². The summed E-state index contributed by atoms with van der Waals surface area (Å²) in [4.78, 5) is 6.32. The van der Waals surface area contributed by atoms with Gasteiger partial charge in [0.05, 0.1) is 10.7 Å². The van der Waals surface area contributed by atoms with Gasteiger partial charge in [-0.3, -0.25) is 4.98 Å². The standard InChI is InChI=1S/C17H20ClN3S/c1-12-10-13(2)16(15(18)11-12)20-17(22)21(3)9-7-14-6-4-5-8-19-14/h4-6,8,10-11H,7,9H2,1-3H3,(H,20,22). The molecule has 0 unspecified atom stereocenters. The van der Waals surface area contributed by atoms with E-state index in [0.29, 0.717) is 10.1 Å². The van der Waals surface area contributed by atoms with Crippen LogP contribution in [0.5, 0.6) is 0 Å². The summed E-state index contributed by atoms with van der Waals surface area (Å²) in [7, 11) is 1.97. The predicted octanol–water partition coefficient (Wildman–Crippen LogP) is 4.22. The molecule has 116 valence electrons.